The number of fused-ring (bicyclic) bond motifs is 1. The van der Waals surface area contributed by atoms with Gasteiger partial charge >= 0.3 is 0 Å². The lowest BCUT2D eigenvalue weighted by Gasteiger charge is -2.36. The van der Waals surface area contributed by atoms with Crippen LogP contribution >= 0.6 is 0 Å². The molecule has 2 aliphatic rings. The number of hydrogen-bond acceptors (Lipinski definition) is 4. The quantitative estimate of drug-likeness (QED) is 0.727. The van der Waals surface area contributed by atoms with E-state index in [1.54, 1.807) is 6.92 Å². The smallest absolute Gasteiger partial charge is 0.222 e. The van der Waals surface area contributed by atoms with E-state index in [1.807, 2.05) is 17.0 Å². The van der Waals surface area contributed by atoms with Gasteiger partial charge in [-0.15, -0.1) is 0 Å². The summed E-state index contributed by atoms with van der Waals surface area (Å²) < 4.78 is 0. The number of nitrogens with one attached hydrogen (secondary N) is 1. The van der Waals surface area contributed by atoms with Crippen molar-refractivity contribution in [3.05, 3.63) is 71.3 Å². The molecule has 0 saturated carbocycles. The molecule has 6 nitrogen and oxygen atoms in total. The molecule has 0 bridgehead atoms. The van der Waals surface area contributed by atoms with Crippen molar-refractivity contribution in [2.24, 2.45) is 0 Å². The first-order chi connectivity index (χ1) is 15.6. The van der Waals surface area contributed by atoms with Gasteiger partial charge in [-0.05, 0) is 23.1 Å². The first-order valence-corrected chi connectivity index (χ1v) is 11.7. The zero-order valence-corrected chi connectivity index (χ0v) is 19.0. The van der Waals surface area contributed by atoms with Crippen molar-refractivity contribution in [3.8, 4) is 0 Å². The highest BCUT2D eigenvalue weighted by Gasteiger charge is 2.30. The monoisotopic (exact) mass is 434 g/mol. The largest absolute Gasteiger partial charge is 0.355 e. The topological polar surface area (TPSA) is 55.9 Å². The molecule has 2 aliphatic heterocycles. The fraction of sp³-hybridized carbons (Fsp3) is 0.462. The molecule has 170 valence electrons. The van der Waals surface area contributed by atoms with Gasteiger partial charge < -0.3 is 10.2 Å². The number of carbonyl (C=O) groups excluding carboxylic acids is 2. The summed E-state index contributed by atoms with van der Waals surface area (Å²) in [5.74, 6) is 0.0475. The van der Waals surface area contributed by atoms with Crippen molar-refractivity contribution in [3.63, 3.8) is 0 Å². The summed E-state index contributed by atoms with van der Waals surface area (Å²) in [6.45, 7) is 8.93. The van der Waals surface area contributed by atoms with Gasteiger partial charge in [-0.1, -0.05) is 54.6 Å². The fourth-order valence-electron chi connectivity index (χ4n) is 4.86. The van der Waals surface area contributed by atoms with Crippen LogP contribution in [0.25, 0.3) is 0 Å². The molecule has 2 aromatic rings. The first kappa shape index (κ1) is 22.5. The molecular weight excluding hydrogens is 400 g/mol. The van der Waals surface area contributed by atoms with Crippen molar-refractivity contribution in [2.45, 2.75) is 32.4 Å². The predicted octanol–water partition coefficient (Wildman–Crippen LogP) is 2.46. The maximum atomic E-state index is 12.7. The summed E-state index contributed by atoms with van der Waals surface area (Å²) in [4.78, 5) is 31.6. The first-order valence-electron chi connectivity index (χ1n) is 11.7. The van der Waals surface area contributed by atoms with Crippen LogP contribution in [0.2, 0.25) is 0 Å². The van der Waals surface area contributed by atoms with Crippen molar-refractivity contribution < 1.29 is 9.59 Å². The molecule has 1 N–H and O–H groups in total. The molecule has 1 unspecified atom stereocenters. The van der Waals surface area contributed by atoms with E-state index in [1.165, 1.54) is 11.1 Å². The molecule has 0 aromatic heterocycles. The molecule has 1 saturated heterocycles. The number of benzene rings is 2. The van der Waals surface area contributed by atoms with Gasteiger partial charge in [0.25, 0.3) is 0 Å². The molecule has 0 radical (unpaired) electrons. The van der Waals surface area contributed by atoms with Crippen LogP contribution in [0.1, 0.15) is 36.1 Å². The number of amides is 2. The third-order valence-electron chi connectivity index (χ3n) is 6.66. The Kier molecular flexibility index (Phi) is 7.55. The van der Waals surface area contributed by atoms with Gasteiger partial charge in [0.1, 0.15) is 0 Å². The van der Waals surface area contributed by atoms with E-state index in [0.29, 0.717) is 19.5 Å². The summed E-state index contributed by atoms with van der Waals surface area (Å²) in [5, 5.41) is 3.09. The normalized spacial score (nSPS) is 19.4. The van der Waals surface area contributed by atoms with Crippen LogP contribution in [0.3, 0.4) is 0 Å². The molecule has 2 amide bonds. The van der Waals surface area contributed by atoms with Gasteiger partial charge in [-0.3, -0.25) is 19.4 Å². The molecular formula is C26H34N4O2. The summed E-state index contributed by atoms with van der Waals surface area (Å²) in [7, 11) is 0. The summed E-state index contributed by atoms with van der Waals surface area (Å²) >= 11 is 0. The zero-order valence-electron chi connectivity index (χ0n) is 19.0. The van der Waals surface area contributed by atoms with Gasteiger partial charge in [0.15, 0.2) is 0 Å². The zero-order chi connectivity index (χ0) is 22.3. The van der Waals surface area contributed by atoms with Gasteiger partial charge in [0.05, 0.1) is 12.5 Å². The molecule has 32 heavy (non-hydrogen) atoms. The van der Waals surface area contributed by atoms with Crippen LogP contribution in [0.15, 0.2) is 54.6 Å². The van der Waals surface area contributed by atoms with Gasteiger partial charge in [0, 0.05) is 59.3 Å². The molecule has 0 aliphatic carbocycles. The minimum atomic E-state index is -0.168. The van der Waals surface area contributed by atoms with Crippen molar-refractivity contribution in [2.75, 3.05) is 45.8 Å². The molecule has 0 spiro atoms. The highest BCUT2D eigenvalue weighted by Crippen LogP contribution is 2.32. The van der Waals surface area contributed by atoms with Crippen LogP contribution in [-0.2, 0) is 22.6 Å². The van der Waals surface area contributed by atoms with E-state index >= 15 is 0 Å². The Hall–Kier alpha value is -2.70. The molecule has 2 aromatic carbocycles. The van der Waals surface area contributed by atoms with Gasteiger partial charge in [-0.2, -0.15) is 0 Å². The highest BCUT2D eigenvalue weighted by molar-refractivity contribution is 5.79. The average Bonchev–Trinajstić information content (AvgIpc) is 2.81. The van der Waals surface area contributed by atoms with Crippen LogP contribution in [0.4, 0.5) is 0 Å². The Morgan fingerprint density at radius 2 is 1.59 bits per heavy atom. The number of carbonyl (C=O) groups is 2. The Bertz CT molecular complexity index is 909. The standard InChI is InChI=1S/C26H34N4O2/c1-21(31)30-13-11-23-9-5-6-10-24(23)25(30)19-26(32)27-12-14-28-15-17-29(18-16-28)20-22-7-3-2-4-8-22/h2-10,25H,11-20H2,1H3,(H,27,32). The summed E-state index contributed by atoms with van der Waals surface area (Å²) in [6.07, 6.45) is 1.17. The SMILES string of the molecule is CC(=O)N1CCc2ccccc2C1CC(=O)NCCN1CCN(Cc2ccccc2)CC1. The Balaban J connectivity index is 1.21. The molecule has 2 heterocycles. The number of nitrogens with zero attached hydrogens (tertiary/aromatic N) is 3. The minimum Gasteiger partial charge on any atom is -0.355 e. The van der Waals surface area contributed by atoms with Crippen LogP contribution in [0, 0.1) is 0 Å². The maximum Gasteiger partial charge on any atom is 0.222 e. The van der Waals surface area contributed by atoms with Crippen LogP contribution in [-0.4, -0.2) is 72.3 Å². The van der Waals surface area contributed by atoms with Crippen LogP contribution < -0.4 is 5.32 Å². The Morgan fingerprint density at radius 3 is 2.34 bits per heavy atom. The van der Waals surface area contributed by atoms with Crippen LogP contribution in [0.5, 0.6) is 0 Å². The second-order valence-corrected chi connectivity index (χ2v) is 8.83. The van der Waals surface area contributed by atoms with Crippen molar-refractivity contribution in [1.82, 2.24) is 20.0 Å². The van der Waals surface area contributed by atoms with Crippen molar-refractivity contribution >= 4 is 11.8 Å². The van der Waals surface area contributed by atoms with Gasteiger partial charge in [-0.25, -0.2) is 0 Å². The molecule has 6 heteroatoms. The molecule has 4 rings (SSSR count). The highest BCUT2D eigenvalue weighted by atomic mass is 16.2. The maximum absolute atomic E-state index is 12.7. The summed E-state index contributed by atoms with van der Waals surface area (Å²) in [6, 6.07) is 18.6. The lowest BCUT2D eigenvalue weighted by Crippen LogP contribution is -2.48. The molecule has 1 atom stereocenters. The average molecular weight is 435 g/mol. The van der Waals surface area contributed by atoms with E-state index in [-0.39, 0.29) is 17.9 Å². The van der Waals surface area contributed by atoms with E-state index in [2.05, 4.69) is 57.6 Å². The van der Waals surface area contributed by atoms with E-state index in [9.17, 15) is 9.59 Å². The number of rotatable bonds is 7. The van der Waals surface area contributed by atoms with E-state index in [0.717, 1.165) is 51.3 Å². The Morgan fingerprint density at radius 1 is 0.906 bits per heavy atom. The van der Waals surface area contributed by atoms with Crippen molar-refractivity contribution in [1.29, 1.82) is 0 Å². The number of hydrogen-bond donors (Lipinski definition) is 1. The number of piperazine rings is 1. The Labute approximate surface area is 191 Å². The third kappa shape index (κ3) is 5.75. The summed E-state index contributed by atoms with van der Waals surface area (Å²) in [5.41, 5.74) is 3.71. The van der Waals surface area contributed by atoms with E-state index < -0.39 is 0 Å². The lowest BCUT2D eigenvalue weighted by atomic mass is 9.90. The minimum absolute atomic E-state index is 0.0145. The molecule has 1 fully saturated rings. The lowest BCUT2D eigenvalue weighted by molar-refractivity contribution is -0.133. The second kappa shape index (κ2) is 10.7. The second-order valence-electron chi connectivity index (χ2n) is 8.83. The predicted molar refractivity (Wildman–Crippen MR) is 126 cm³/mol. The van der Waals surface area contributed by atoms with E-state index in [4.69, 9.17) is 0 Å². The third-order valence-corrected chi connectivity index (χ3v) is 6.66. The van der Waals surface area contributed by atoms with Gasteiger partial charge in [0.2, 0.25) is 11.8 Å². The fourth-order valence-corrected chi connectivity index (χ4v) is 4.86.